The van der Waals surface area contributed by atoms with Crippen molar-refractivity contribution in [3.05, 3.63) is 52.5 Å². The highest BCUT2D eigenvalue weighted by molar-refractivity contribution is 5.85. The zero-order valence-electron chi connectivity index (χ0n) is 12.1. The van der Waals surface area contributed by atoms with Crippen molar-refractivity contribution in [3.63, 3.8) is 0 Å². The number of anilines is 1. The lowest BCUT2D eigenvalue weighted by atomic mass is 10.1. The number of fused-ring (bicyclic) bond motifs is 3. The highest BCUT2D eigenvalue weighted by Gasteiger charge is 2.24. The standard InChI is InChI=1S/C16H13F2N3O2/c17-11-9-10-14(13(18)15(11)20-5-7-23-8-6-20)21-4-2-1-3-12(21)19-16(10)22/h1-4,9H,5-8H2. The summed E-state index contributed by atoms with van der Waals surface area (Å²) < 4.78 is 36.3. The second-order valence-electron chi connectivity index (χ2n) is 5.36. The number of ether oxygens (including phenoxy) is 1. The normalized spacial score (nSPS) is 15.5. The molecule has 3 heterocycles. The van der Waals surface area contributed by atoms with Gasteiger partial charge in [-0.2, -0.15) is 4.98 Å². The molecule has 7 heteroatoms. The zero-order valence-corrected chi connectivity index (χ0v) is 12.1. The molecule has 23 heavy (non-hydrogen) atoms. The molecule has 0 amide bonds. The Morgan fingerprint density at radius 3 is 2.74 bits per heavy atom. The molecule has 0 aliphatic carbocycles. The first kappa shape index (κ1) is 14.1. The van der Waals surface area contributed by atoms with E-state index in [1.54, 1.807) is 29.3 Å². The summed E-state index contributed by atoms with van der Waals surface area (Å²) in [6.45, 7) is 1.62. The van der Waals surface area contributed by atoms with Gasteiger partial charge in [-0.05, 0) is 18.2 Å². The maximum absolute atomic E-state index is 15.1. The van der Waals surface area contributed by atoms with Crippen LogP contribution in [0.3, 0.4) is 0 Å². The number of aromatic nitrogens is 2. The molecule has 0 radical (unpaired) electrons. The van der Waals surface area contributed by atoms with Crippen molar-refractivity contribution >= 4 is 22.2 Å². The minimum Gasteiger partial charge on any atom is -0.378 e. The van der Waals surface area contributed by atoms with Crippen molar-refractivity contribution in [1.82, 2.24) is 9.38 Å². The Morgan fingerprint density at radius 2 is 1.96 bits per heavy atom. The molecule has 1 aliphatic rings. The highest BCUT2D eigenvalue weighted by atomic mass is 19.1. The third-order valence-electron chi connectivity index (χ3n) is 4.02. The Labute approximate surface area is 129 Å². The van der Waals surface area contributed by atoms with Gasteiger partial charge in [0.15, 0.2) is 5.82 Å². The largest absolute Gasteiger partial charge is 0.378 e. The first-order valence-corrected chi connectivity index (χ1v) is 7.28. The highest BCUT2D eigenvalue weighted by Crippen LogP contribution is 2.30. The molecule has 1 saturated heterocycles. The van der Waals surface area contributed by atoms with Crippen molar-refractivity contribution in [2.24, 2.45) is 0 Å². The van der Waals surface area contributed by atoms with Crippen LogP contribution in [0.1, 0.15) is 0 Å². The van der Waals surface area contributed by atoms with E-state index < -0.39 is 17.2 Å². The number of halogens is 2. The molecular weight excluding hydrogens is 304 g/mol. The van der Waals surface area contributed by atoms with Gasteiger partial charge in [-0.25, -0.2) is 8.78 Å². The van der Waals surface area contributed by atoms with Crippen LogP contribution >= 0.6 is 0 Å². The fourth-order valence-electron chi connectivity index (χ4n) is 2.95. The van der Waals surface area contributed by atoms with E-state index in [0.29, 0.717) is 32.0 Å². The van der Waals surface area contributed by atoms with Crippen LogP contribution in [0.4, 0.5) is 14.5 Å². The van der Waals surface area contributed by atoms with Crippen molar-refractivity contribution < 1.29 is 13.5 Å². The molecule has 0 N–H and O–H groups in total. The molecule has 1 fully saturated rings. The molecule has 0 atom stereocenters. The predicted molar refractivity (Wildman–Crippen MR) is 81.9 cm³/mol. The van der Waals surface area contributed by atoms with Crippen molar-refractivity contribution in [1.29, 1.82) is 0 Å². The van der Waals surface area contributed by atoms with Crippen LogP contribution in [-0.2, 0) is 4.74 Å². The minimum atomic E-state index is -0.758. The summed E-state index contributed by atoms with van der Waals surface area (Å²) in [5, 5.41) is -0.0688. The number of benzene rings is 1. The van der Waals surface area contributed by atoms with E-state index in [2.05, 4.69) is 4.98 Å². The van der Waals surface area contributed by atoms with Crippen LogP contribution < -0.4 is 10.5 Å². The summed E-state index contributed by atoms with van der Waals surface area (Å²) in [6, 6.07) is 6.09. The molecule has 0 spiro atoms. The van der Waals surface area contributed by atoms with Crippen LogP contribution in [0, 0.1) is 11.6 Å². The van der Waals surface area contributed by atoms with Crippen molar-refractivity contribution in [2.45, 2.75) is 0 Å². The van der Waals surface area contributed by atoms with Crippen LogP contribution in [0.5, 0.6) is 0 Å². The molecule has 5 nitrogen and oxygen atoms in total. The van der Waals surface area contributed by atoms with E-state index in [4.69, 9.17) is 4.74 Å². The number of pyridine rings is 1. The van der Waals surface area contributed by atoms with Crippen LogP contribution in [0.15, 0.2) is 35.3 Å². The third-order valence-corrected chi connectivity index (χ3v) is 4.02. The second-order valence-corrected chi connectivity index (χ2v) is 5.36. The third kappa shape index (κ3) is 2.16. The van der Waals surface area contributed by atoms with Gasteiger partial charge in [-0.3, -0.25) is 9.20 Å². The van der Waals surface area contributed by atoms with Gasteiger partial charge in [0.2, 0.25) is 0 Å². The van der Waals surface area contributed by atoms with E-state index in [1.807, 2.05) is 0 Å². The Hall–Kier alpha value is -2.54. The summed E-state index contributed by atoms with van der Waals surface area (Å²) >= 11 is 0. The second kappa shape index (κ2) is 5.27. The number of hydrogen-bond donors (Lipinski definition) is 0. The molecule has 118 valence electrons. The molecule has 0 unspecified atom stereocenters. The summed E-state index contributed by atoms with van der Waals surface area (Å²) in [5.41, 5.74) is -0.395. The fraction of sp³-hybridized carbons (Fsp3) is 0.250. The van der Waals surface area contributed by atoms with Gasteiger partial charge in [0.25, 0.3) is 5.56 Å². The molecule has 1 aromatic carbocycles. The molecule has 1 aliphatic heterocycles. The number of rotatable bonds is 1. The topological polar surface area (TPSA) is 46.8 Å². The predicted octanol–water partition coefficient (Wildman–Crippen LogP) is 1.96. The van der Waals surface area contributed by atoms with E-state index in [-0.39, 0.29) is 16.6 Å². The van der Waals surface area contributed by atoms with Gasteiger partial charge < -0.3 is 9.64 Å². The van der Waals surface area contributed by atoms with E-state index >= 15 is 4.39 Å². The summed E-state index contributed by atoms with van der Waals surface area (Å²) in [6.07, 6.45) is 1.61. The lowest BCUT2D eigenvalue weighted by Gasteiger charge is -2.29. The van der Waals surface area contributed by atoms with Crippen LogP contribution in [0.2, 0.25) is 0 Å². The minimum absolute atomic E-state index is 0.0449. The van der Waals surface area contributed by atoms with Gasteiger partial charge in [-0.1, -0.05) is 6.07 Å². The molecule has 0 saturated carbocycles. The quantitative estimate of drug-likeness (QED) is 0.644. The first-order chi connectivity index (χ1) is 11.2. The summed E-state index contributed by atoms with van der Waals surface area (Å²) in [5.74, 6) is -1.51. The van der Waals surface area contributed by atoms with Crippen LogP contribution in [-0.4, -0.2) is 35.7 Å². The van der Waals surface area contributed by atoms with E-state index in [1.165, 1.54) is 4.40 Å². The molecule has 2 aromatic heterocycles. The SMILES string of the molecule is O=c1nc2ccccn2c2c(F)c(N3CCOCC3)c(F)cc12. The smallest absolute Gasteiger partial charge is 0.281 e. The lowest BCUT2D eigenvalue weighted by molar-refractivity contribution is 0.122. The Balaban J connectivity index is 2.09. The fourth-order valence-corrected chi connectivity index (χ4v) is 2.95. The summed E-state index contributed by atoms with van der Waals surface area (Å²) in [7, 11) is 0. The van der Waals surface area contributed by atoms with Crippen molar-refractivity contribution in [3.8, 4) is 0 Å². The van der Waals surface area contributed by atoms with Crippen molar-refractivity contribution in [2.75, 3.05) is 31.2 Å². The van der Waals surface area contributed by atoms with E-state index in [9.17, 15) is 9.18 Å². The Morgan fingerprint density at radius 1 is 1.17 bits per heavy atom. The molecule has 4 rings (SSSR count). The van der Waals surface area contributed by atoms with Gasteiger partial charge >= 0.3 is 0 Å². The van der Waals surface area contributed by atoms with Crippen LogP contribution in [0.25, 0.3) is 16.6 Å². The molecule has 0 bridgehead atoms. The maximum Gasteiger partial charge on any atom is 0.281 e. The first-order valence-electron chi connectivity index (χ1n) is 7.28. The number of hydrogen-bond acceptors (Lipinski definition) is 4. The molecular formula is C16H13F2N3O2. The van der Waals surface area contributed by atoms with Gasteiger partial charge in [0.05, 0.1) is 24.1 Å². The zero-order chi connectivity index (χ0) is 16.0. The molecule has 3 aromatic rings. The Bertz CT molecular complexity index is 965. The van der Waals surface area contributed by atoms with Gasteiger partial charge in [0, 0.05) is 19.3 Å². The van der Waals surface area contributed by atoms with Gasteiger partial charge in [0.1, 0.15) is 17.2 Å². The summed E-state index contributed by atoms with van der Waals surface area (Å²) in [4.78, 5) is 17.6. The average Bonchev–Trinajstić information content (AvgIpc) is 2.56. The average molecular weight is 317 g/mol. The lowest BCUT2D eigenvalue weighted by Crippen LogP contribution is -2.37. The Kier molecular flexibility index (Phi) is 3.23. The van der Waals surface area contributed by atoms with Gasteiger partial charge in [-0.15, -0.1) is 0 Å². The monoisotopic (exact) mass is 317 g/mol. The number of nitrogens with zero attached hydrogens (tertiary/aromatic N) is 3. The van der Waals surface area contributed by atoms with E-state index in [0.717, 1.165) is 6.07 Å². The number of morpholine rings is 1. The maximum atomic E-state index is 15.1.